The predicted molar refractivity (Wildman–Crippen MR) is 76.6 cm³/mol. The van der Waals surface area contributed by atoms with Gasteiger partial charge in [0.25, 0.3) is 0 Å². The number of fused-ring (bicyclic) bond motifs is 1. The number of halogens is 1. The Morgan fingerprint density at radius 1 is 1.05 bits per heavy atom. The first-order chi connectivity index (χ1) is 10.2. The molecule has 0 aliphatic heterocycles. The molecule has 0 spiro atoms. The van der Waals surface area contributed by atoms with E-state index >= 15 is 0 Å². The van der Waals surface area contributed by atoms with Crippen molar-refractivity contribution in [2.75, 3.05) is 7.11 Å². The number of hydrogen-bond acceptors (Lipinski definition) is 4. The monoisotopic (exact) mass is 284 g/mol. The molecule has 0 bridgehead atoms. The van der Waals surface area contributed by atoms with Crippen LogP contribution in [0, 0.1) is 5.82 Å². The molecule has 5 heteroatoms. The number of hydrogen-bond donors (Lipinski definition) is 1. The molecule has 0 aliphatic rings. The maximum Gasteiger partial charge on any atom is 0.125 e. The number of aliphatic hydroxyl groups excluding tert-OH is 1. The Morgan fingerprint density at radius 3 is 2.57 bits per heavy atom. The summed E-state index contributed by atoms with van der Waals surface area (Å²) in [6.45, 7) is 0. The van der Waals surface area contributed by atoms with Crippen molar-refractivity contribution in [3.63, 3.8) is 0 Å². The van der Waals surface area contributed by atoms with Gasteiger partial charge >= 0.3 is 0 Å². The molecular weight excluding hydrogens is 271 g/mol. The van der Waals surface area contributed by atoms with Gasteiger partial charge in [-0.05, 0) is 35.9 Å². The zero-order chi connectivity index (χ0) is 14.8. The van der Waals surface area contributed by atoms with Crippen LogP contribution in [0.4, 0.5) is 4.39 Å². The molecule has 1 atom stereocenters. The molecule has 0 amide bonds. The summed E-state index contributed by atoms with van der Waals surface area (Å²) in [5.41, 5.74) is 2.39. The van der Waals surface area contributed by atoms with E-state index in [4.69, 9.17) is 4.74 Å². The van der Waals surface area contributed by atoms with Gasteiger partial charge in [-0.1, -0.05) is 6.07 Å². The minimum absolute atomic E-state index is 0.376. The van der Waals surface area contributed by atoms with E-state index in [2.05, 4.69) is 9.97 Å². The maximum absolute atomic E-state index is 13.4. The smallest absolute Gasteiger partial charge is 0.125 e. The summed E-state index contributed by atoms with van der Waals surface area (Å²) in [7, 11) is 1.48. The summed E-state index contributed by atoms with van der Waals surface area (Å²) >= 11 is 0. The zero-order valence-corrected chi connectivity index (χ0v) is 11.3. The molecule has 0 fully saturated rings. The summed E-state index contributed by atoms with van der Waals surface area (Å²) in [5, 5.41) is 10.5. The summed E-state index contributed by atoms with van der Waals surface area (Å²) in [6, 6.07) is 9.30. The highest BCUT2D eigenvalue weighted by Crippen LogP contribution is 2.31. The van der Waals surface area contributed by atoms with Crippen LogP contribution < -0.4 is 4.74 Å². The first kappa shape index (κ1) is 13.5. The maximum atomic E-state index is 13.4. The number of rotatable bonds is 3. The van der Waals surface area contributed by atoms with Crippen LogP contribution in [0.1, 0.15) is 17.2 Å². The fourth-order valence-electron chi connectivity index (χ4n) is 2.25. The van der Waals surface area contributed by atoms with Crippen molar-refractivity contribution < 1.29 is 14.2 Å². The highest BCUT2D eigenvalue weighted by Gasteiger charge is 2.17. The number of methoxy groups -OCH3 is 1. The molecule has 3 rings (SSSR count). The Balaban J connectivity index is 2.07. The van der Waals surface area contributed by atoms with Crippen LogP contribution in [0.15, 0.2) is 48.8 Å². The quantitative estimate of drug-likeness (QED) is 0.803. The van der Waals surface area contributed by atoms with Crippen molar-refractivity contribution >= 4 is 11.0 Å². The minimum Gasteiger partial charge on any atom is -0.496 e. The number of ether oxygens (including phenoxy) is 1. The fourth-order valence-corrected chi connectivity index (χ4v) is 2.25. The lowest BCUT2D eigenvalue weighted by molar-refractivity contribution is 0.214. The Kier molecular flexibility index (Phi) is 3.50. The standard InChI is InChI=1S/C16H13FN2O2/c1-21-15-5-3-11(17)9-12(15)16(20)10-2-4-13-14(8-10)19-7-6-18-13/h2-9,16,20H,1H3. The predicted octanol–water partition coefficient (Wildman–Crippen LogP) is 2.86. The molecule has 0 aliphatic carbocycles. The van der Waals surface area contributed by atoms with Crippen molar-refractivity contribution in [1.82, 2.24) is 9.97 Å². The Bertz CT molecular complexity index is 792. The molecule has 3 aromatic rings. The minimum atomic E-state index is -0.998. The van der Waals surface area contributed by atoms with Crippen LogP contribution in [0.25, 0.3) is 11.0 Å². The lowest BCUT2D eigenvalue weighted by atomic mass is 10.00. The molecule has 0 saturated carbocycles. The van der Waals surface area contributed by atoms with Crippen LogP contribution in [0.2, 0.25) is 0 Å². The van der Waals surface area contributed by atoms with E-state index in [1.807, 2.05) is 0 Å². The zero-order valence-electron chi connectivity index (χ0n) is 11.3. The topological polar surface area (TPSA) is 55.2 Å². The van der Waals surface area contributed by atoms with Gasteiger partial charge in [-0.2, -0.15) is 0 Å². The van der Waals surface area contributed by atoms with Crippen molar-refractivity contribution in [3.8, 4) is 5.75 Å². The van der Waals surface area contributed by atoms with Gasteiger partial charge in [0.05, 0.1) is 18.1 Å². The largest absolute Gasteiger partial charge is 0.496 e. The van der Waals surface area contributed by atoms with E-state index < -0.39 is 11.9 Å². The third kappa shape index (κ3) is 2.55. The normalized spacial score (nSPS) is 12.3. The van der Waals surface area contributed by atoms with Crippen molar-refractivity contribution in [1.29, 1.82) is 0 Å². The Hall–Kier alpha value is -2.53. The summed E-state index contributed by atoms with van der Waals surface area (Å²) in [5.74, 6) is 0.00794. The molecule has 1 heterocycles. The van der Waals surface area contributed by atoms with Gasteiger partial charge in [-0.3, -0.25) is 9.97 Å². The molecule has 0 saturated heterocycles. The molecule has 1 N–H and O–H groups in total. The summed E-state index contributed by atoms with van der Waals surface area (Å²) in [6.07, 6.45) is 2.19. The van der Waals surface area contributed by atoms with Crippen LogP contribution in [-0.4, -0.2) is 22.2 Å². The van der Waals surface area contributed by atoms with Gasteiger partial charge in [0.1, 0.15) is 17.7 Å². The van der Waals surface area contributed by atoms with Gasteiger partial charge < -0.3 is 9.84 Å². The van der Waals surface area contributed by atoms with Gasteiger partial charge in [0, 0.05) is 18.0 Å². The van der Waals surface area contributed by atoms with Gasteiger partial charge in [0.15, 0.2) is 0 Å². The third-order valence-corrected chi connectivity index (χ3v) is 3.30. The average Bonchev–Trinajstić information content (AvgIpc) is 2.53. The van der Waals surface area contributed by atoms with Crippen LogP contribution >= 0.6 is 0 Å². The van der Waals surface area contributed by atoms with Crippen molar-refractivity contribution in [3.05, 3.63) is 65.7 Å². The first-order valence-electron chi connectivity index (χ1n) is 6.41. The molecule has 0 radical (unpaired) electrons. The molecule has 1 unspecified atom stereocenters. The fraction of sp³-hybridized carbons (Fsp3) is 0.125. The van der Waals surface area contributed by atoms with E-state index in [1.54, 1.807) is 30.6 Å². The van der Waals surface area contributed by atoms with E-state index in [0.29, 0.717) is 22.4 Å². The summed E-state index contributed by atoms with van der Waals surface area (Å²) in [4.78, 5) is 8.37. The third-order valence-electron chi connectivity index (χ3n) is 3.30. The Morgan fingerprint density at radius 2 is 1.81 bits per heavy atom. The number of benzene rings is 2. The number of aromatic nitrogens is 2. The van der Waals surface area contributed by atoms with Crippen molar-refractivity contribution in [2.24, 2.45) is 0 Å². The highest BCUT2D eigenvalue weighted by molar-refractivity contribution is 5.74. The molecular formula is C16H13FN2O2. The molecule has 2 aromatic carbocycles. The second-order valence-corrected chi connectivity index (χ2v) is 4.59. The van der Waals surface area contributed by atoms with Gasteiger partial charge in [0.2, 0.25) is 0 Å². The number of aliphatic hydroxyl groups is 1. The van der Waals surface area contributed by atoms with Crippen molar-refractivity contribution in [2.45, 2.75) is 6.10 Å². The SMILES string of the molecule is COc1ccc(F)cc1C(O)c1ccc2nccnc2c1. The van der Waals surface area contributed by atoms with Crippen LogP contribution in [0.5, 0.6) is 5.75 Å². The van der Waals surface area contributed by atoms with Gasteiger partial charge in [-0.25, -0.2) is 4.39 Å². The molecule has 1 aromatic heterocycles. The average molecular weight is 284 g/mol. The van der Waals surface area contributed by atoms with E-state index in [-0.39, 0.29) is 0 Å². The first-order valence-corrected chi connectivity index (χ1v) is 6.41. The lowest BCUT2D eigenvalue weighted by Gasteiger charge is -2.15. The second-order valence-electron chi connectivity index (χ2n) is 4.59. The second kappa shape index (κ2) is 5.46. The van der Waals surface area contributed by atoms with E-state index in [1.165, 1.54) is 25.3 Å². The molecule has 106 valence electrons. The van der Waals surface area contributed by atoms with Crippen LogP contribution in [0.3, 0.4) is 0 Å². The van der Waals surface area contributed by atoms with E-state index in [9.17, 15) is 9.50 Å². The lowest BCUT2D eigenvalue weighted by Crippen LogP contribution is -2.03. The van der Waals surface area contributed by atoms with Crippen LogP contribution in [-0.2, 0) is 0 Å². The molecule has 21 heavy (non-hydrogen) atoms. The van der Waals surface area contributed by atoms with E-state index in [0.717, 1.165) is 5.52 Å². The molecule has 4 nitrogen and oxygen atoms in total. The van der Waals surface area contributed by atoms with Gasteiger partial charge in [-0.15, -0.1) is 0 Å². The Labute approximate surface area is 120 Å². The number of nitrogens with zero attached hydrogens (tertiary/aromatic N) is 2. The highest BCUT2D eigenvalue weighted by atomic mass is 19.1. The summed E-state index contributed by atoms with van der Waals surface area (Å²) < 4.78 is 18.6.